The number of amides is 2. The van der Waals surface area contributed by atoms with Crippen LogP contribution in [-0.2, 0) is 4.79 Å². The number of piperazine rings is 1. The Morgan fingerprint density at radius 3 is 1.84 bits per heavy atom. The molecule has 32 heavy (non-hydrogen) atoms. The molecule has 1 aliphatic heterocycles. The molecule has 2 aromatic rings. The van der Waals surface area contributed by atoms with Crippen LogP contribution in [0.1, 0.15) is 23.2 Å². The van der Waals surface area contributed by atoms with Gasteiger partial charge in [0.05, 0.1) is 27.9 Å². The Balaban J connectivity index is 1.42. The molecular weight excluding hydrogens is 412 g/mol. The molecule has 3 rings (SSSR count). The standard InChI is InChI=1S/C24H30N2O6/c1-29-19-6-8-20(9-7-19)32-14-4-5-23(27)25-10-12-26(13-11-25)24(28)18-15-21(30-2)17-22(16-18)31-3/h6-9,15-17H,4-5,10-14H2,1-3H3. The highest BCUT2D eigenvalue weighted by molar-refractivity contribution is 5.95. The van der Waals surface area contributed by atoms with Gasteiger partial charge in [-0.2, -0.15) is 0 Å². The second kappa shape index (κ2) is 11.3. The second-order valence-corrected chi connectivity index (χ2v) is 7.40. The quantitative estimate of drug-likeness (QED) is 0.556. The van der Waals surface area contributed by atoms with E-state index in [0.29, 0.717) is 62.7 Å². The van der Waals surface area contributed by atoms with Crippen molar-refractivity contribution >= 4 is 11.8 Å². The average molecular weight is 443 g/mol. The summed E-state index contributed by atoms with van der Waals surface area (Å²) in [6, 6.07) is 12.5. The number of hydrogen-bond acceptors (Lipinski definition) is 6. The van der Waals surface area contributed by atoms with E-state index in [1.54, 1.807) is 44.4 Å². The number of rotatable bonds is 9. The number of carbonyl (C=O) groups excluding carboxylic acids is 2. The molecule has 0 atom stereocenters. The van der Waals surface area contributed by atoms with Gasteiger partial charge in [-0.1, -0.05) is 0 Å². The first kappa shape index (κ1) is 23.2. The van der Waals surface area contributed by atoms with Crippen LogP contribution in [0.25, 0.3) is 0 Å². The molecule has 0 aromatic heterocycles. The maximum Gasteiger partial charge on any atom is 0.254 e. The van der Waals surface area contributed by atoms with Gasteiger partial charge in [0.1, 0.15) is 23.0 Å². The van der Waals surface area contributed by atoms with Crippen molar-refractivity contribution < 1.29 is 28.5 Å². The molecule has 8 heteroatoms. The average Bonchev–Trinajstić information content (AvgIpc) is 2.86. The van der Waals surface area contributed by atoms with E-state index in [4.69, 9.17) is 18.9 Å². The van der Waals surface area contributed by atoms with Gasteiger partial charge >= 0.3 is 0 Å². The monoisotopic (exact) mass is 442 g/mol. The molecule has 172 valence electrons. The highest BCUT2D eigenvalue weighted by Crippen LogP contribution is 2.24. The van der Waals surface area contributed by atoms with Crippen LogP contribution in [0.5, 0.6) is 23.0 Å². The summed E-state index contributed by atoms with van der Waals surface area (Å²) < 4.78 is 21.3. The van der Waals surface area contributed by atoms with Crippen LogP contribution < -0.4 is 18.9 Å². The number of ether oxygens (including phenoxy) is 4. The first-order chi connectivity index (χ1) is 15.5. The van der Waals surface area contributed by atoms with E-state index in [9.17, 15) is 9.59 Å². The fourth-order valence-corrected chi connectivity index (χ4v) is 3.52. The fourth-order valence-electron chi connectivity index (χ4n) is 3.52. The Bertz CT molecular complexity index is 885. The lowest BCUT2D eigenvalue weighted by atomic mass is 10.1. The van der Waals surface area contributed by atoms with E-state index in [-0.39, 0.29) is 11.8 Å². The van der Waals surface area contributed by atoms with Gasteiger partial charge in [-0.3, -0.25) is 9.59 Å². The number of carbonyl (C=O) groups is 2. The van der Waals surface area contributed by atoms with Crippen LogP contribution in [0, 0.1) is 0 Å². The highest BCUT2D eigenvalue weighted by Gasteiger charge is 2.25. The molecule has 1 aliphatic rings. The first-order valence-corrected chi connectivity index (χ1v) is 10.6. The molecule has 0 unspecified atom stereocenters. The van der Waals surface area contributed by atoms with Crippen LogP contribution in [0.4, 0.5) is 0 Å². The first-order valence-electron chi connectivity index (χ1n) is 10.6. The molecule has 0 bridgehead atoms. The lowest BCUT2D eigenvalue weighted by Crippen LogP contribution is -2.50. The van der Waals surface area contributed by atoms with Gasteiger partial charge in [0.2, 0.25) is 5.91 Å². The van der Waals surface area contributed by atoms with E-state index < -0.39 is 0 Å². The number of benzene rings is 2. The van der Waals surface area contributed by atoms with Gasteiger partial charge in [0.25, 0.3) is 5.91 Å². The topological polar surface area (TPSA) is 77.5 Å². The summed E-state index contributed by atoms with van der Waals surface area (Å²) in [5, 5.41) is 0. The zero-order valence-electron chi connectivity index (χ0n) is 18.8. The van der Waals surface area contributed by atoms with Crippen LogP contribution >= 0.6 is 0 Å². The third kappa shape index (κ3) is 6.06. The van der Waals surface area contributed by atoms with E-state index in [2.05, 4.69) is 0 Å². The number of methoxy groups -OCH3 is 3. The summed E-state index contributed by atoms with van der Waals surface area (Å²) in [6.07, 6.45) is 1.05. The lowest BCUT2D eigenvalue weighted by Gasteiger charge is -2.35. The maximum atomic E-state index is 12.9. The molecular formula is C24H30N2O6. The van der Waals surface area contributed by atoms with E-state index in [0.717, 1.165) is 11.5 Å². The lowest BCUT2D eigenvalue weighted by molar-refractivity contribution is -0.132. The van der Waals surface area contributed by atoms with Crippen molar-refractivity contribution in [3.8, 4) is 23.0 Å². The van der Waals surface area contributed by atoms with Crippen LogP contribution in [0.2, 0.25) is 0 Å². The molecule has 0 aliphatic carbocycles. The zero-order chi connectivity index (χ0) is 22.9. The largest absolute Gasteiger partial charge is 0.497 e. The number of hydrogen-bond donors (Lipinski definition) is 0. The Kier molecular flexibility index (Phi) is 8.19. The van der Waals surface area contributed by atoms with Crippen molar-refractivity contribution in [3.05, 3.63) is 48.0 Å². The predicted molar refractivity (Wildman–Crippen MR) is 120 cm³/mol. The molecule has 0 N–H and O–H groups in total. The highest BCUT2D eigenvalue weighted by atomic mass is 16.5. The molecule has 2 aromatic carbocycles. The Labute approximate surface area is 188 Å². The third-order valence-corrected chi connectivity index (χ3v) is 5.38. The minimum Gasteiger partial charge on any atom is -0.497 e. The predicted octanol–water partition coefficient (Wildman–Crippen LogP) is 2.86. The summed E-state index contributed by atoms with van der Waals surface area (Å²) in [7, 11) is 4.72. The molecule has 0 saturated carbocycles. The SMILES string of the molecule is COc1ccc(OCCCC(=O)N2CCN(C(=O)c3cc(OC)cc(OC)c3)CC2)cc1. The van der Waals surface area contributed by atoms with Crippen LogP contribution in [0.15, 0.2) is 42.5 Å². The summed E-state index contributed by atoms with van der Waals surface area (Å²) in [6.45, 7) is 2.49. The maximum absolute atomic E-state index is 12.9. The normalized spacial score (nSPS) is 13.5. The van der Waals surface area contributed by atoms with Gasteiger partial charge in [0, 0.05) is 44.2 Å². The zero-order valence-corrected chi connectivity index (χ0v) is 18.8. The van der Waals surface area contributed by atoms with Crippen molar-refractivity contribution in [3.63, 3.8) is 0 Å². The summed E-state index contributed by atoms with van der Waals surface area (Å²) >= 11 is 0. The third-order valence-electron chi connectivity index (χ3n) is 5.38. The molecule has 1 saturated heterocycles. The smallest absolute Gasteiger partial charge is 0.254 e. The van der Waals surface area contributed by atoms with Gasteiger partial charge in [-0.05, 0) is 42.8 Å². The summed E-state index contributed by atoms with van der Waals surface area (Å²) in [5.41, 5.74) is 0.511. The Morgan fingerprint density at radius 1 is 0.750 bits per heavy atom. The number of nitrogens with zero attached hydrogens (tertiary/aromatic N) is 2. The summed E-state index contributed by atoms with van der Waals surface area (Å²) in [5.74, 6) is 2.65. The van der Waals surface area contributed by atoms with E-state index >= 15 is 0 Å². The van der Waals surface area contributed by atoms with Crippen LogP contribution in [-0.4, -0.2) is 75.7 Å². The Morgan fingerprint density at radius 2 is 1.28 bits per heavy atom. The van der Waals surface area contributed by atoms with Crippen molar-refractivity contribution in [1.82, 2.24) is 9.80 Å². The van der Waals surface area contributed by atoms with E-state index in [1.807, 2.05) is 29.2 Å². The molecule has 2 amide bonds. The van der Waals surface area contributed by atoms with Gasteiger partial charge < -0.3 is 28.7 Å². The molecule has 0 spiro atoms. The van der Waals surface area contributed by atoms with Crippen molar-refractivity contribution in [2.75, 3.05) is 54.1 Å². The van der Waals surface area contributed by atoms with E-state index in [1.165, 1.54) is 0 Å². The molecule has 0 radical (unpaired) electrons. The molecule has 1 heterocycles. The fraction of sp³-hybridized carbons (Fsp3) is 0.417. The minimum atomic E-state index is -0.0952. The molecule has 1 fully saturated rings. The van der Waals surface area contributed by atoms with Crippen molar-refractivity contribution in [1.29, 1.82) is 0 Å². The van der Waals surface area contributed by atoms with Crippen molar-refractivity contribution in [2.24, 2.45) is 0 Å². The van der Waals surface area contributed by atoms with Gasteiger partial charge in [-0.15, -0.1) is 0 Å². The molecule has 8 nitrogen and oxygen atoms in total. The van der Waals surface area contributed by atoms with Crippen molar-refractivity contribution in [2.45, 2.75) is 12.8 Å². The Hall–Kier alpha value is -3.42. The van der Waals surface area contributed by atoms with Gasteiger partial charge in [0.15, 0.2) is 0 Å². The summed E-state index contributed by atoms with van der Waals surface area (Å²) in [4.78, 5) is 29.0. The second-order valence-electron chi connectivity index (χ2n) is 7.40. The van der Waals surface area contributed by atoms with Crippen LogP contribution in [0.3, 0.4) is 0 Å². The minimum absolute atomic E-state index is 0.0819. The van der Waals surface area contributed by atoms with Gasteiger partial charge in [-0.25, -0.2) is 0 Å².